The van der Waals surface area contributed by atoms with Crippen LogP contribution < -0.4 is 5.32 Å². The molecule has 1 N–H and O–H groups in total. The Morgan fingerprint density at radius 1 is 1.29 bits per heavy atom. The number of hydrogen-bond donors (Lipinski definition) is 1. The smallest absolute Gasteiger partial charge is 0.287 e. The van der Waals surface area contributed by atoms with Crippen molar-refractivity contribution in [3.05, 3.63) is 65.8 Å². The zero-order chi connectivity index (χ0) is 20.1. The summed E-state index contributed by atoms with van der Waals surface area (Å²) in [5.41, 5.74) is 2.35. The average Bonchev–Trinajstić information content (AvgIpc) is 3.10. The van der Waals surface area contributed by atoms with Gasteiger partial charge in [-0.2, -0.15) is 0 Å². The molecule has 148 valence electrons. The highest BCUT2D eigenvalue weighted by Gasteiger charge is 2.30. The van der Waals surface area contributed by atoms with Crippen LogP contribution in [0.1, 0.15) is 59.1 Å². The van der Waals surface area contributed by atoms with Crippen LogP contribution in [-0.4, -0.2) is 38.9 Å². The Balaban J connectivity index is 1.94. The van der Waals surface area contributed by atoms with Crippen LogP contribution >= 0.6 is 0 Å². The van der Waals surface area contributed by atoms with Gasteiger partial charge >= 0.3 is 0 Å². The molecule has 2 aromatic rings. The monoisotopic (exact) mass is 380 g/mol. The van der Waals surface area contributed by atoms with E-state index in [1.807, 2.05) is 53.6 Å². The van der Waals surface area contributed by atoms with Gasteiger partial charge in [0, 0.05) is 25.7 Å². The summed E-state index contributed by atoms with van der Waals surface area (Å²) in [6.45, 7) is 9.23. The summed E-state index contributed by atoms with van der Waals surface area (Å²) in [6.07, 6.45) is 4.38. The molecule has 0 spiro atoms. The van der Waals surface area contributed by atoms with E-state index in [9.17, 15) is 9.59 Å². The van der Waals surface area contributed by atoms with Gasteiger partial charge in [0.25, 0.3) is 11.8 Å². The van der Waals surface area contributed by atoms with Crippen molar-refractivity contribution < 1.29 is 9.59 Å². The molecule has 0 fully saturated rings. The molecule has 0 saturated heterocycles. The summed E-state index contributed by atoms with van der Waals surface area (Å²) in [7, 11) is 0. The lowest BCUT2D eigenvalue weighted by atomic mass is 10.1. The number of nitrogens with one attached hydrogen (secondary N) is 1. The van der Waals surface area contributed by atoms with Crippen molar-refractivity contribution in [2.75, 3.05) is 6.54 Å². The molecule has 0 unspecified atom stereocenters. The second-order valence-electron chi connectivity index (χ2n) is 7.35. The van der Waals surface area contributed by atoms with Gasteiger partial charge < -0.3 is 14.8 Å². The van der Waals surface area contributed by atoms with E-state index in [4.69, 9.17) is 0 Å². The van der Waals surface area contributed by atoms with Gasteiger partial charge in [-0.15, -0.1) is 6.58 Å². The molecule has 2 heterocycles. The Morgan fingerprint density at radius 2 is 2.04 bits per heavy atom. The van der Waals surface area contributed by atoms with Crippen LogP contribution in [0.2, 0.25) is 0 Å². The van der Waals surface area contributed by atoms with Gasteiger partial charge in [0.15, 0.2) is 5.82 Å². The predicted octanol–water partition coefficient (Wildman–Crippen LogP) is 3.19. The van der Waals surface area contributed by atoms with E-state index in [0.29, 0.717) is 31.2 Å². The van der Waals surface area contributed by atoms with Crippen molar-refractivity contribution in [2.24, 2.45) is 0 Å². The lowest BCUT2D eigenvalue weighted by Gasteiger charge is -2.27. The molecule has 0 bridgehead atoms. The number of nitrogens with zero attached hydrogens (tertiary/aromatic N) is 3. The lowest BCUT2D eigenvalue weighted by Crippen LogP contribution is -2.37. The van der Waals surface area contributed by atoms with Gasteiger partial charge in [-0.1, -0.05) is 36.4 Å². The third-order valence-corrected chi connectivity index (χ3v) is 5.01. The Kier molecular flexibility index (Phi) is 6.29. The first-order valence-corrected chi connectivity index (χ1v) is 9.86. The van der Waals surface area contributed by atoms with Crippen molar-refractivity contribution in [3.8, 4) is 0 Å². The number of benzene rings is 1. The molecule has 0 aliphatic carbocycles. The molecule has 28 heavy (non-hydrogen) atoms. The second kappa shape index (κ2) is 8.87. The Bertz CT molecular complexity index is 855. The van der Waals surface area contributed by atoms with Crippen molar-refractivity contribution in [3.63, 3.8) is 0 Å². The minimum absolute atomic E-state index is 0.0201. The average molecular weight is 380 g/mol. The lowest BCUT2D eigenvalue weighted by molar-refractivity contribution is 0.0683. The van der Waals surface area contributed by atoms with E-state index >= 15 is 0 Å². The van der Waals surface area contributed by atoms with Gasteiger partial charge in [0.05, 0.1) is 5.69 Å². The van der Waals surface area contributed by atoms with Gasteiger partial charge in [-0.3, -0.25) is 9.59 Å². The van der Waals surface area contributed by atoms with Gasteiger partial charge in [0.2, 0.25) is 0 Å². The molecule has 1 aromatic heterocycles. The Morgan fingerprint density at radius 3 is 2.71 bits per heavy atom. The van der Waals surface area contributed by atoms with Crippen LogP contribution in [0.5, 0.6) is 0 Å². The molecule has 3 rings (SSSR count). The minimum atomic E-state index is -0.263. The van der Waals surface area contributed by atoms with Crippen LogP contribution in [0.3, 0.4) is 0 Å². The van der Waals surface area contributed by atoms with Crippen LogP contribution in [0, 0.1) is 0 Å². The second-order valence-corrected chi connectivity index (χ2v) is 7.35. The van der Waals surface area contributed by atoms with Crippen LogP contribution in [0.25, 0.3) is 0 Å². The summed E-state index contributed by atoms with van der Waals surface area (Å²) >= 11 is 0. The maximum Gasteiger partial charge on any atom is 0.287 e. The highest BCUT2D eigenvalue weighted by molar-refractivity contribution is 5.97. The van der Waals surface area contributed by atoms with E-state index in [-0.39, 0.29) is 17.9 Å². The molecular formula is C22H28N4O2. The van der Waals surface area contributed by atoms with Crippen LogP contribution in [0.4, 0.5) is 0 Å². The van der Waals surface area contributed by atoms with Gasteiger partial charge in [-0.05, 0) is 38.7 Å². The summed E-state index contributed by atoms with van der Waals surface area (Å²) in [5, 5.41) is 2.78. The van der Waals surface area contributed by atoms with Gasteiger partial charge in [-0.25, -0.2) is 4.98 Å². The van der Waals surface area contributed by atoms with Crippen LogP contribution in [0.15, 0.2) is 43.0 Å². The number of fused-ring (bicyclic) bond motifs is 1. The number of carbonyl (C=O) groups excluding carboxylic acids is 2. The molecule has 1 aliphatic rings. The molecule has 6 nitrogen and oxygen atoms in total. The van der Waals surface area contributed by atoms with Crippen molar-refractivity contribution >= 4 is 11.8 Å². The van der Waals surface area contributed by atoms with Crippen molar-refractivity contribution in [2.45, 2.75) is 52.2 Å². The highest BCUT2D eigenvalue weighted by Crippen LogP contribution is 2.23. The number of imidazole rings is 1. The number of amides is 2. The summed E-state index contributed by atoms with van der Waals surface area (Å²) in [4.78, 5) is 32.3. The molecule has 1 aromatic carbocycles. The molecule has 1 aliphatic heterocycles. The fourth-order valence-electron chi connectivity index (χ4n) is 3.54. The highest BCUT2D eigenvalue weighted by atomic mass is 16.2. The number of carbonyl (C=O) groups is 2. The standard InChI is InChI=1S/C22H28N4O2/c1-4-13-23-21(27)20-24-19(18-12-8-9-14-25(18)20)22(28)26(16(2)3)15-17-10-6-5-7-11-17/h4-7,10-11,16H,1,8-9,12-15H2,2-3H3,(H,23,27). The third kappa shape index (κ3) is 4.16. The predicted molar refractivity (Wildman–Crippen MR) is 109 cm³/mol. The Labute approximate surface area is 166 Å². The Hall–Kier alpha value is -2.89. The third-order valence-electron chi connectivity index (χ3n) is 5.01. The first-order valence-electron chi connectivity index (χ1n) is 9.86. The summed E-state index contributed by atoms with van der Waals surface area (Å²) < 4.78 is 1.91. The number of aromatic nitrogens is 2. The first kappa shape index (κ1) is 19.9. The number of rotatable bonds is 7. The van der Waals surface area contributed by atoms with E-state index in [0.717, 1.165) is 30.5 Å². The van der Waals surface area contributed by atoms with Gasteiger partial charge in [0.1, 0.15) is 5.69 Å². The van der Waals surface area contributed by atoms with Crippen LogP contribution in [-0.2, 0) is 19.5 Å². The molecule has 0 saturated carbocycles. The molecule has 0 radical (unpaired) electrons. The SMILES string of the molecule is C=CCNC(=O)c1nc(C(=O)N(Cc2ccccc2)C(C)C)c2n1CCCC2. The van der Waals surface area contributed by atoms with Crippen molar-refractivity contribution in [1.29, 1.82) is 0 Å². The zero-order valence-electron chi connectivity index (χ0n) is 16.6. The fourth-order valence-corrected chi connectivity index (χ4v) is 3.54. The van der Waals surface area contributed by atoms with Crippen molar-refractivity contribution in [1.82, 2.24) is 19.8 Å². The first-order chi connectivity index (χ1) is 13.5. The number of hydrogen-bond acceptors (Lipinski definition) is 3. The molecular weight excluding hydrogens is 352 g/mol. The maximum absolute atomic E-state index is 13.4. The van der Waals surface area contributed by atoms with E-state index in [1.54, 1.807) is 6.08 Å². The quantitative estimate of drug-likeness (QED) is 0.750. The minimum Gasteiger partial charge on any atom is -0.346 e. The fraction of sp³-hybridized carbons (Fsp3) is 0.409. The summed E-state index contributed by atoms with van der Waals surface area (Å²) in [6, 6.07) is 9.95. The van der Waals surface area contributed by atoms with E-state index in [2.05, 4.69) is 16.9 Å². The molecule has 2 amide bonds. The molecule has 0 atom stereocenters. The topological polar surface area (TPSA) is 67.2 Å². The maximum atomic E-state index is 13.4. The zero-order valence-corrected chi connectivity index (χ0v) is 16.6. The largest absolute Gasteiger partial charge is 0.346 e. The van der Waals surface area contributed by atoms with E-state index < -0.39 is 0 Å². The normalized spacial score (nSPS) is 13.1. The molecule has 6 heteroatoms. The van der Waals surface area contributed by atoms with E-state index in [1.165, 1.54) is 0 Å². The summed E-state index contributed by atoms with van der Waals surface area (Å²) in [5.74, 6) is -0.0585.